The fraction of sp³-hybridized carbons (Fsp3) is 0.333. The van der Waals surface area contributed by atoms with Gasteiger partial charge in [0, 0.05) is 19.1 Å². The molecule has 0 radical (unpaired) electrons. The molecular formula is C15H19BrN4O. The van der Waals surface area contributed by atoms with E-state index in [1.54, 1.807) is 6.20 Å². The van der Waals surface area contributed by atoms with Crippen LogP contribution in [-0.4, -0.2) is 16.3 Å². The molecule has 6 heteroatoms. The molecule has 0 saturated heterocycles. The molecule has 5 nitrogen and oxygen atoms in total. The monoisotopic (exact) mass is 350 g/mol. The van der Waals surface area contributed by atoms with E-state index >= 15 is 0 Å². The van der Waals surface area contributed by atoms with Crippen LogP contribution in [0.25, 0.3) is 0 Å². The zero-order valence-electron chi connectivity index (χ0n) is 11.9. The molecule has 1 atom stereocenters. The third-order valence-electron chi connectivity index (χ3n) is 3.28. The van der Waals surface area contributed by atoms with E-state index in [1.165, 1.54) is 4.68 Å². The number of aryl methyl sites for hydroxylation is 1. The first kappa shape index (κ1) is 15.7. The summed E-state index contributed by atoms with van der Waals surface area (Å²) in [7, 11) is 0. The zero-order chi connectivity index (χ0) is 15.2. The quantitative estimate of drug-likeness (QED) is 0.839. The maximum Gasteiger partial charge on any atom is 0.283 e. The van der Waals surface area contributed by atoms with Crippen molar-refractivity contribution in [2.45, 2.75) is 25.9 Å². The molecule has 2 rings (SSSR count). The van der Waals surface area contributed by atoms with Crippen molar-refractivity contribution in [3.63, 3.8) is 0 Å². The SMILES string of the molecule is CCn1ncc(NCCC(N)c2ccccc2)c(Br)c1=O. The van der Waals surface area contributed by atoms with Crippen LogP contribution in [0.3, 0.4) is 0 Å². The maximum absolute atomic E-state index is 11.9. The Balaban J connectivity index is 1.95. The molecular weight excluding hydrogens is 332 g/mol. The molecule has 0 fully saturated rings. The van der Waals surface area contributed by atoms with Crippen LogP contribution in [0, 0.1) is 0 Å². The standard InChI is InChI=1S/C15H19BrN4O/c1-2-20-15(21)14(16)13(10-19-20)18-9-8-12(17)11-6-4-3-5-7-11/h3-7,10,12,18H,2,8-9,17H2,1H3. The average molecular weight is 351 g/mol. The molecule has 21 heavy (non-hydrogen) atoms. The normalized spacial score (nSPS) is 12.1. The van der Waals surface area contributed by atoms with Gasteiger partial charge in [0.1, 0.15) is 4.47 Å². The molecule has 0 bridgehead atoms. The fourth-order valence-corrected chi connectivity index (χ4v) is 2.49. The molecule has 3 N–H and O–H groups in total. The van der Waals surface area contributed by atoms with Crippen LogP contribution in [0.5, 0.6) is 0 Å². The van der Waals surface area contributed by atoms with Crippen molar-refractivity contribution in [3.8, 4) is 0 Å². The highest BCUT2D eigenvalue weighted by atomic mass is 79.9. The van der Waals surface area contributed by atoms with Crippen molar-refractivity contribution in [1.82, 2.24) is 9.78 Å². The minimum atomic E-state index is -0.130. The van der Waals surface area contributed by atoms with Gasteiger partial charge in [-0.3, -0.25) is 4.79 Å². The number of hydrogen-bond donors (Lipinski definition) is 2. The van der Waals surface area contributed by atoms with E-state index in [-0.39, 0.29) is 11.6 Å². The number of benzene rings is 1. The van der Waals surface area contributed by atoms with Crippen LogP contribution in [0.1, 0.15) is 24.9 Å². The van der Waals surface area contributed by atoms with Crippen molar-refractivity contribution < 1.29 is 0 Å². The summed E-state index contributed by atoms with van der Waals surface area (Å²) in [5, 5.41) is 7.30. The molecule has 1 unspecified atom stereocenters. The molecule has 0 aliphatic carbocycles. The second-order valence-electron chi connectivity index (χ2n) is 4.73. The first-order chi connectivity index (χ1) is 10.1. The van der Waals surface area contributed by atoms with E-state index < -0.39 is 0 Å². The van der Waals surface area contributed by atoms with Gasteiger partial charge in [-0.2, -0.15) is 5.10 Å². The van der Waals surface area contributed by atoms with Gasteiger partial charge in [0.2, 0.25) is 0 Å². The Labute approximate surface area is 132 Å². The number of aromatic nitrogens is 2. The Hall–Kier alpha value is -1.66. The molecule has 0 aliphatic heterocycles. The van der Waals surface area contributed by atoms with Crippen LogP contribution in [0.4, 0.5) is 5.69 Å². The van der Waals surface area contributed by atoms with Gasteiger partial charge in [-0.15, -0.1) is 0 Å². The lowest BCUT2D eigenvalue weighted by Crippen LogP contribution is -2.24. The lowest BCUT2D eigenvalue weighted by molar-refractivity contribution is 0.612. The molecule has 0 aliphatic rings. The lowest BCUT2D eigenvalue weighted by atomic mass is 10.1. The lowest BCUT2D eigenvalue weighted by Gasteiger charge is -2.14. The Morgan fingerprint density at radius 2 is 2.10 bits per heavy atom. The second kappa shape index (κ2) is 7.38. The van der Waals surface area contributed by atoms with E-state index in [1.807, 2.05) is 37.3 Å². The summed E-state index contributed by atoms with van der Waals surface area (Å²) in [6.45, 7) is 3.11. The average Bonchev–Trinajstić information content (AvgIpc) is 2.52. The number of nitrogens with two attached hydrogens (primary N) is 1. The first-order valence-corrected chi connectivity index (χ1v) is 7.72. The summed E-state index contributed by atoms with van der Waals surface area (Å²) >= 11 is 3.32. The van der Waals surface area contributed by atoms with Gasteiger partial charge < -0.3 is 11.1 Å². The minimum absolute atomic E-state index is 0.0264. The van der Waals surface area contributed by atoms with Crippen LogP contribution >= 0.6 is 15.9 Å². The topological polar surface area (TPSA) is 72.9 Å². The van der Waals surface area contributed by atoms with E-state index in [9.17, 15) is 4.79 Å². The molecule has 0 amide bonds. The maximum atomic E-state index is 11.9. The largest absolute Gasteiger partial charge is 0.383 e. The van der Waals surface area contributed by atoms with Crippen LogP contribution < -0.4 is 16.6 Å². The van der Waals surface area contributed by atoms with E-state index in [0.29, 0.717) is 23.2 Å². The summed E-state index contributed by atoms with van der Waals surface area (Å²) in [5.41, 5.74) is 7.82. The van der Waals surface area contributed by atoms with E-state index in [0.717, 1.165) is 12.0 Å². The molecule has 1 aromatic carbocycles. The van der Waals surface area contributed by atoms with Crippen molar-refractivity contribution in [3.05, 3.63) is 56.9 Å². The predicted molar refractivity (Wildman–Crippen MR) is 88.3 cm³/mol. The molecule has 2 aromatic rings. The van der Waals surface area contributed by atoms with E-state index in [4.69, 9.17) is 5.73 Å². The van der Waals surface area contributed by atoms with Gasteiger partial charge in [0.25, 0.3) is 5.56 Å². The number of rotatable bonds is 6. The summed E-state index contributed by atoms with van der Waals surface area (Å²) in [5.74, 6) is 0. The van der Waals surface area contributed by atoms with E-state index in [2.05, 4.69) is 26.3 Å². The number of anilines is 1. The Morgan fingerprint density at radius 1 is 1.38 bits per heavy atom. The number of nitrogens with one attached hydrogen (secondary N) is 1. The molecule has 1 heterocycles. The minimum Gasteiger partial charge on any atom is -0.383 e. The summed E-state index contributed by atoms with van der Waals surface area (Å²) in [4.78, 5) is 11.9. The number of hydrogen-bond acceptors (Lipinski definition) is 4. The van der Waals surface area contributed by atoms with Crippen LogP contribution in [0.2, 0.25) is 0 Å². The highest BCUT2D eigenvalue weighted by Crippen LogP contribution is 2.18. The third kappa shape index (κ3) is 3.92. The smallest absolute Gasteiger partial charge is 0.283 e. The summed E-state index contributed by atoms with van der Waals surface area (Å²) in [6.07, 6.45) is 2.43. The number of halogens is 1. The third-order valence-corrected chi connectivity index (χ3v) is 4.05. The Bertz CT molecular complexity index is 642. The van der Waals surface area contributed by atoms with Crippen LogP contribution in [0.15, 0.2) is 45.8 Å². The van der Waals surface area contributed by atoms with Gasteiger partial charge in [-0.05, 0) is 34.8 Å². The summed E-state index contributed by atoms with van der Waals surface area (Å²) < 4.78 is 1.91. The molecule has 112 valence electrons. The molecule has 0 spiro atoms. The number of nitrogens with zero attached hydrogens (tertiary/aromatic N) is 2. The van der Waals surface area contributed by atoms with Gasteiger partial charge in [0.05, 0.1) is 11.9 Å². The van der Waals surface area contributed by atoms with Gasteiger partial charge >= 0.3 is 0 Å². The van der Waals surface area contributed by atoms with Crippen molar-refractivity contribution in [2.24, 2.45) is 5.73 Å². The van der Waals surface area contributed by atoms with Crippen molar-refractivity contribution in [1.29, 1.82) is 0 Å². The second-order valence-corrected chi connectivity index (χ2v) is 5.52. The van der Waals surface area contributed by atoms with Crippen LogP contribution in [-0.2, 0) is 6.54 Å². The predicted octanol–water partition coefficient (Wildman–Crippen LogP) is 2.53. The highest BCUT2D eigenvalue weighted by Gasteiger charge is 2.09. The van der Waals surface area contributed by atoms with Crippen molar-refractivity contribution >= 4 is 21.6 Å². The van der Waals surface area contributed by atoms with Crippen molar-refractivity contribution in [2.75, 3.05) is 11.9 Å². The fourth-order valence-electron chi connectivity index (χ4n) is 2.04. The Kier molecular flexibility index (Phi) is 5.52. The van der Waals surface area contributed by atoms with Gasteiger partial charge in [-0.1, -0.05) is 30.3 Å². The van der Waals surface area contributed by atoms with Gasteiger partial charge in [0.15, 0.2) is 0 Å². The molecule has 0 saturated carbocycles. The zero-order valence-corrected chi connectivity index (χ0v) is 13.5. The van der Waals surface area contributed by atoms with Gasteiger partial charge in [-0.25, -0.2) is 4.68 Å². The first-order valence-electron chi connectivity index (χ1n) is 6.93. The molecule has 1 aromatic heterocycles. The highest BCUT2D eigenvalue weighted by molar-refractivity contribution is 9.10. The summed E-state index contributed by atoms with van der Waals surface area (Å²) in [6, 6.07) is 9.94. The Morgan fingerprint density at radius 3 is 2.76 bits per heavy atom.